The Morgan fingerprint density at radius 1 is 0.395 bits per heavy atom. The van der Waals surface area contributed by atoms with Gasteiger partial charge in [0.2, 0.25) is 0 Å². The van der Waals surface area contributed by atoms with E-state index >= 15 is 0 Å². The highest BCUT2D eigenvalue weighted by Crippen LogP contribution is 2.39. The van der Waals surface area contributed by atoms with Gasteiger partial charge in [-0.15, -0.1) is 0 Å². The maximum Gasteiger partial charge on any atom is 0.416 e. The van der Waals surface area contributed by atoms with Gasteiger partial charge in [-0.3, -0.25) is 4.98 Å². The Morgan fingerprint density at radius 3 is 1.33 bits per heavy atom. The third-order valence-corrected chi connectivity index (χ3v) is 7.22. The molecule has 0 atom stereocenters. The molecule has 0 bridgehead atoms. The van der Waals surface area contributed by atoms with Gasteiger partial charge in [-0.2, -0.15) is 26.3 Å². The first kappa shape index (κ1) is 28.2. The second-order valence-electron chi connectivity index (χ2n) is 10.1. The Bertz CT molecular complexity index is 1890. The van der Waals surface area contributed by atoms with Crippen LogP contribution in [0.4, 0.5) is 30.7 Å². The van der Waals surface area contributed by atoms with Gasteiger partial charge < -0.3 is 0 Å². The Balaban J connectivity index is 1.26. The highest BCUT2D eigenvalue weighted by atomic mass is 19.4. The lowest BCUT2D eigenvalue weighted by Gasteiger charge is -2.14. The molecule has 0 spiro atoms. The van der Waals surface area contributed by atoms with Crippen LogP contribution in [0.1, 0.15) is 11.1 Å². The summed E-state index contributed by atoms with van der Waals surface area (Å²) < 4.78 is 93.0. The van der Waals surface area contributed by atoms with Crippen LogP contribution in [0.2, 0.25) is 0 Å². The van der Waals surface area contributed by atoms with Gasteiger partial charge in [0, 0.05) is 17.1 Å². The van der Waals surface area contributed by atoms with E-state index in [0.717, 1.165) is 56.4 Å². The molecule has 0 saturated carbocycles. The molecule has 5 aromatic carbocycles. The number of halogens is 7. The fraction of sp³-hybridized carbons (Fsp3) is 0.0571. The van der Waals surface area contributed by atoms with Crippen LogP contribution in [0.15, 0.2) is 121 Å². The van der Waals surface area contributed by atoms with E-state index in [1.54, 1.807) is 30.5 Å². The molecule has 214 valence electrons. The zero-order valence-corrected chi connectivity index (χ0v) is 22.1. The van der Waals surface area contributed by atoms with E-state index in [2.05, 4.69) is 4.98 Å². The zero-order valence-electron chi connectivity index (χ0n) is 22.1. The number of hydrogen-bond acceptors (Lipinski definition) is 1. The van der Waals surface area contributed by atoms with Crippen LogP contribution in [0.25, 0.3) is 55.4 Å². The minimum absolute atomic E-state index is 0.119. The molecular formula is C35H20F7N. The number of pyridine rings is 1. The molecule has 8 heteroatoms. The molecule has 0 aliphatic rings. The summed E-state index contributed by atoms with van der Waals surface area (Å²) in [5.41, 5.74) is 3.34. The molecule has 0 unspecified atom stereocenters. The maximum atomic E-state index is 13.3. The predicted octanol–water partition coefficient (Wildman–Crippen LogP) is 11.1. The number of nitrogens with zero attached hydrogens (tertiary/aromatic N) is 1. The van der Waals surface area contributed by atoms with Crippen molar-refractivity contribution in [3.8, 4) is 44.5 Å². The molecule has 0 saturated heterocycles. The normalized spacial score (nSPS) is 12.1. The quantitative estimate of drug-likeness (QED) is 0.187. The van der Waals surface area contributed by atoms with E-state index < -0.39 is 23.5 Å². The summed E-state index contributed by atoms with van der Waals surface area (Å²) in [6.07, 6.45) is -8.07. The molecule has 0 aliphatic carbocycles. The van der Waals surface area contributed by atoms with Crippen LogP contribution in [0.5, 0.6) is 0 Å². The third-order valence-electron chi connectivity index (χ3n) is 7.22. The van der Waals surface area contributed by atoms with Crippen molar-refractivity contribution in [2.45, 2.75) is 12.4 Å². The minimum Gasteiger partial charge on any atom is -0.256 e. The first-order valence-electron chi connectivity index (χ1n) is 13.1. The van der Waals surface area contributed by atoms with Crippen molar-refractivity contribution < 1.29 is 30.7 Å². The summed E-state index contributed by atoms with van der Waals surface area (Å²) in [6.45, 7) is 0. The van der Waals surface area contributed by atoms with Gasteiger partial charge in [0.25, 0.3) is 0 Å². The van der Waals surface area contributed by atoms with Crippen molar-refractivity contribution >= 4 is 10.9 Å². The SMILES string of the molecule is Fc1ccc(-c2ccc(-c3cnc4cc(-c5ccc(-c6cc(C(F)(F)F)cc(C(F)(F)F)c6)cc5)ccc4c3)cc2)cc1. The van der Waals surface area contributed by atoms with Crippen LogP contribution >= 0.6 is 0 Å². The second kappa shape index (κ2) is 10.7. The maximum absolute atomic E-state index is 13.3. The van der Waals surface area contributed by atoms with Gasteiger partial charge in [-0.05, 0) is 81.4 Å². The summed E-state index contributed by atoms with van der Waals surface area (Å²) in [6, 6.07) is 29.7. The average molecular weight is 588 g/mol. The molecule has 1 nitrogen and oxygen atoms in total. The molecule has 0 radical (unpaired) electrons. The van der Waals surface area contributed by atoms with E-state index in [1.807, 2.05) is 48.5 Å². The highest BCUT2D eigenvalue weighted by molar-refractivity contribution is 5.88. The van der Waals surface area contributed by atoms with Gasteiger partial charge >= 0.3 is 12.4 Å². The van der Waals surface area contributed by atoms with Crippen molar-refractivity contribution in [2.24, 2.45) is 0 Å². The summed E-state index contributed by atoms with van der Waals surface area (Å²) in [5, 5.41) is 0.893. The summed E-state index contributed by atoms with van der Waals surface area (Å²) in [7, 11) is 0. The first-order chi connectivity index (χ1) is 20.4. The van der Waals surface area contributed by atoms with Crippen molar-refractivity contribution in [3.05, 3.63) is 138 Å². The van der Waals surface area contributed by atoms with Crippen molar-refractivity contribution in [1.29, 1.82) is 0 Å². The molecule has 0 fully saturated rings. The molecule has 0 aliphatic heterocycles. The van der Waals surface area contributed by atoms with E-state index in [1.165, 1.54) is 24.3 Å². The number of benzene rings is 5. The van der Waals surface area contributed by atoms with Gasteiger partial charge in [-0.25, -0.2) is 4.39 Å². The number of rotatable bonds is 4. The topological polar surface area (TPSA) is 12.9 Å². The van der Waals surface area contributed by atoms with Crippen LogP contribution < -0.4 is 0 Å². The highest BCUT2D eigenvalue weighted by Gasteiger charge is 2.37. The minimum atomic E-state index is -4.92. The van der Waals surface area contributed by atoms with Crippen LogP contribution in [0, 0.1) is 5.82 Å². The largest absolute Gasteiger partial charge is 0.416 e. The predicted molar refractivity (Wildman–Crippen MR) is 153 cm³/mol. The molecule has 1 aromatic heterocycles. The van der Waals surface area contributed by atoms with Gasteiger partial charge in [0.05, 0.1) is 16.6 Å². The molecule has 6 rings (SSSR count). The molecule has 1 heterocycles. The lowest BCUT2D eigenvalue weighted by molar-refractivity contribution is -0.143. The van der Waals surface area contributed by atoms with E-state index in [9.17, 15) is 30.7 Å². The van der Waals surface area contributed by atoms with Gasteiger partial charge in [0.15, 0.2) is 0 Å². The van der Waals surface area contributed by atoms with Crippen molar-refractivity contribution in [3.63, 3.8) is 0 Å². The number of fused-ring (bicyclic) bond motifs is 1. The molecule has 0 amide bonds. The van der Waals surface area contributed by atoms with Crippen LogP contribution in [-0.2, 0) is 12.4 Å². The Hall–Kier alpha value is -4.98. The van der Waals surface area contributed by atoms with Crippen molar-refractivity contribution in [2.75, 3.05) is 0 Å². The van der Waals surface area contributed by atoms with Crippen molar-refractivity contribution in [1.82, 2.24) is 4.98 Å². The molecular weight excluding hydrogens is 567 g/mol. The van der Waals surface area contributed by atoms with Crippen LogP contribution in [0.3, 0.4) is 0 Å². The number of alkyl halides is 6. The summed E-state index contributed by atoms with van der Waals surface area (Å²) >= 11 is 0. The standard InChI is InChI=1S/C35H20F7N/c36-32-13-11-22(12-14-32)21-1-7-25(8-2-21)29-15-27-10-9-26(18-33(27)43-20-29)23-3-5-24(6-4-23)28-16-30(34(37,38)39)19-31(17-28)35(40,41)42/h1-20H. The first-order valence-corrected chi connectivity index (χ1v) is 13.1. The summed E-state index contributed by atoms with van der Waals surface area (Å²) in [5.74, 6) is -0.291. The van der Waals surface area contributed by atoms with Gasteiger partial charge in [-0.1, -0.05) is 72.8 Å². The molecule has 43 heavy (non-hydrogen) atoms. The number of hydrogen-bond donors (Lipinski definition) is 0. The Kier molecular flexibility index (Phi) is 7.00. The second-order valence-corrected chi connectivity index (χ2v) is 10.1. The zero-order chi connectivity index (χ0) is 30.4. The van der Waals surface area contributed by atoms with Gasteiger partial charge in [0.1, 0.15) is 5.82 Å². The Labute approximate surface area is 241 Å². The number of aromatic nitrogens is 1. The smallest absolute Gasteiger partial charge is 0.256 e. The fourth-order valence-corrected chi connectivity index (χ4v) is 4.93. The Morgan fingerprint density at radius 2 is 0.814 bits per heavy atom. The fourth-order valence-electron chi connectivity index (χ4n) is 4.93. The molecule has 6 aromatic rings. The lowest BCUT2D eigenvalue weighted by atomic mass is 9.96. The van der Waals surface area contributed by atoms with Crippen LogP contribution in [-0.4, -0.2) is 4.98 Å². The third kappa shape index (κ3) is 6.00. The molecule has 0 N–H and O–H groups in total. The average Bonchev–Trinajstić information content (AvgIpc) is 3.00. The monoisotopic (exact) mass is 587 g/mol. The lowest BCUT2D eigenvalue weighted by Crippen LogP contribution is -2.11. The van der Waals surface area contributed by atoms with E-state index in [4.69, 9.17) is 0 Å². The van der Waals surface area contributed by atoms with E-state index in [0.29, 0.717) is 0 Å². The summed E-state index contributed by atoms with van der Waals surface area (Å²) in [4.78, 5) is 4.61. The van der Waals surface area contributed by atoms with E-state index in [-0.39, 0.29) is 23.0 Å².